The molecule has 0 radical (unpaired) electrons. The van der Waals surface area contributed by atoms with Crippen molar-refractivity contribution in [3.63, 3.8) is 0 Å². The van der Waals surface area contributed by atoms with Crippen molar-refractivity contribution in [2.75, 3.05) is 39.3 Å². The summed E-state index contributed by atoms with van der Waals surface area (Å²) >= 11 is 0. The molecular weight excluding hydrogens is 190 g/mol. The summed E-state index contributed by atoms with van der Waals surface area (Å²) in [6.45, 7) is 5.12. The molecule has 0 saturated heterocycles. The molecule has 0 aromatic rings. The first-order valence-electron chi connectivity index (χ1n) is 5.28. The van der Waals surface area contributed by atoms with Crippen LogP contribution in [0.3, 0.4) is 0 Å². The van der Waals surface area contributed by atoms with Gasteiger partial charge in [-0.15, -0.1) is 0 Å². The molecule has 0 rings (SSSR count). The zero-order valence-corrected chi connectivity index (χ0v) is 9.05. The molecule has 0 amide bonds. The lowest BCUT2D eigenvalue weighted by Crippen LogP contribution is -2.33. The van der Waals surface area contributed by atoms with E-state index in [4.69, 9.17) is 10.5 Å². The van der Waals surface area contributed by atoms with Crippen molar-refractivity contribution >= 4 is 0 Å². The SMILES string of the molecule is N#CCCNCCNCCNCCC#N. The van der Waals surface area contributed by atoms with Gasteiger partial charge in [0.05, 0.1) is 12.1 Å². The van der Waals surface area contributed by atoms with Crippen LogP contribution in [0.25, 0.3) is 0 Å². The predicted octanol–water partition coefficient (Wildman–Crippen LogP) is -0.417. The van der Waals surface area contributed by atoms with E-state index in [1.807, 2.05) is 0 Å². The highest BCUT2D eigenvalue weighted by atomic mass is 15.0. The van der Waals surface area contributed by atoms with Crippen molar-refractivity contribution < 1.29 is 0 Å². The minimum atomic E-state index is 0.565. The Morgan fingerprint density at radius 1 is 0.600 bits per heavy atom. The van der Waals surface area contributed by atoms with Gasteiger partial charge in [-0.3, -0.25) is 0 Å². The smallest absolute Gasteiger partial charge is 0.0635 e. The number of hydrogen-bond donors (Lipinski definition) is 3. The Morgan fingerprint density at radius 3 is 1.27 bits per heavy atom. The summed E-state index contributed by atoms with van der Waals surface area (Å²) in [6.07, 6.45) is 1.13. The van der Waals surface area contributed by atoms with Crippen LogP contribution in [0.4, 0.5) is 0 Å². The zero-order chi connectivity index (χ0) is 11.2. The molecule has 0 aliphatic rings. The maximum atomic E-state index is 8.27. The molecule has 0 aliphatic carbocycles. The number of nitrogens with one attached hydrogen (secondary N) is 3. The van der Waals surface area contributed by atoms with E-state index in [0.717, 1.165) is 39.3 Å². The Morgan fingerprint density at radius 2 is 0.933 bits per heavy atom. The number of rotatable bonds is 10. The Balaban J connectivity index is 2.88. The summed E-state index contributed by atoms with van der Waals surface area (Å²) < 4.78 is 0. The number of nitriles is 2. The van der Waals surface area contributed by atoms with Crippen LogP contribution in [0.5, 0.6) is 0 Å². The van der Waals surface area contributed by atoms with Gasteiger partial charge < -0.3 is 16.0 Å². The molecule has 0 aromatic heterocycles. The van der Waals surface area contributed by atoms with E-state index in [1.165, 1.54) is 0 Å². The second kappa shape index (κ2) is 12.9. The maximum absolute atomic E-state index is 8.27. The third kappa shape index (κ3) is 12.9. The van der Waals surface area contributed by atoms with Crippen molar-refractivity contribution in [3.05, 3.63) is 0 Å². The summed E-state index contributed by atoms with van der Waals surface area (Å²) in [4.78, 5) is 0. The van der Waals surface area contributed by atoms with Crippen molar-refractivity contribution in [3.8, 4) is 12.1 Å². The fourth-order valence-electron chi connectivity index (χ4n) is 1.02. The zero-order valence-electron chi connectivity index (χ0n) is 9.05. The number of hydrogen-bond acceptors (Lipinski definition) is 5. The van der Waals surface area contributed by atoms with E-state index in [0.29, 0.717) is 12.8 Å². The molecule has 0 fully saturated rings. The summed E-state index contributed by atoms with van der Waals surface area (Å²) in [5.41, 5.74) is 0. The standard InChI is InChI=1S/C10H19N5/c11-3-1-5-13-7-9-15-10-8-14-6-2-4-12/h13-15H,1-2,5-10H2. The van der Waals surface area contributed by atoms with Crippen LogP contribution >= 0.6 is 0 Å². The molecule has 0 spiro atoms. The summed E-state index contributed by atoms with van der Waals surface area (Å²) in [7, 11) is 0. The molecule has 0 saturated carbocycles. The molecule has 15 heavy (non-hydrogen) atoms. The van der Waals surface area contributed by atoms with Crippen LogP contribution in [-0.2, 0) is 0 Å². The average molecular weight is 209 g/mol. The van der Waals surface area contributed by atoms with Gasteiger partial charge in [-0.25, -0.2) is 0 Å². The first-order valence-corrected chi connectivity index (χ1v) is 5.28. The molecule has 84 valence electrons. The summed E-state index contributed by atoms with van der Waals surface area (Å²) in [5, 5.41) is 26.1. The summed E-state index contributed by atoms with van der Waals surface area (Å²) in [6, 6.07) is 4.16. The van der Waals surface area contributed by atoms with Gasteiger partial charge in [0, 0.05) is 52.1 Å². The van der Waals surface area contributed by atoms with Gasteiger partial charge in [-0.2, -0.15) is 10.5 Å². The Bertz CT molecular complexity index is 181. The van der Waals surface area contributed by atoms with E-state index >= 15 is 0 Å². The molecular formula is C10H19N5. The lowest BCUT2D eigenvalue weighted by Gasteiger charge is -2.05. The fourth-order valence-corrected chi connectivity index (χ4v) is 1.02. The van der Waals surface area contributed by atoms with Crippen LogP contribution < -0.4 is 16.0 Å². The second-order valence-corrected chi connectivity index (χ2v) is 3.07. The quantitative estimate of drug-likeness (QED) is 0.426. The Labute approximate surface area is 91.5 Å². The third-order valence-electron chi connectivity index (χ3n) is 1.78. The fraction of sp³-hybridized carbons (Fsp3) is 0.800. The van der Waals surface area contributed by atoms with Crippen LogP contribution in [0, 0.1) is 22.7 Å². The van der Waals surface area contributed by atoms with Crippen molar-refractivity contribution in [2.45, 2.75) is 12.8 Å². The molecule has 0 aliphatic heterocycles. The van der Waals surface area contributed by atoms with Crippen LogP contribution in [-0.4, -0.2) is 39.3 Å². The van der Waals surface area contributed by atoms with E-state index in [-0.39, 0.29) is 0 Å². The average Bonchev–Trinajstić information content (AvgIpc) is 2.26. The molecule has 0 heterocycles. The van der Waals surface area contributed by atoms with Crippen LogP contribution in [0.1, 0.15) is 12.8 Å². The minimum Gasteiger partial charge on any atom is -0.314 e. The molecule has 0 aromatic carbocycles. The molecule has 5 heteroatoms. The van der Waals surface area contributed by atoms with E-state index < -0.39 is 0 Å². The largest absolute Gasteiger partial charge is 0.314 e. The van der Waals surface area contributed by atoms with E-state index in [1.54, 1.807) is 0 Å². The Kier molecular flexibility index (Phi) is 11.9. The third-order valence-corrected chi connectivity index (χ3v) is 1.78. The lowest BCUT2D eigenvalue weighted by molar-refractivity contribution is 0.586. The topological polar surface area (TPSA) is 83.7 Å². The molecule has 5 nitrogen and oxygen atoms in total. The first kappa shape index (κ1) is 13.9. The van der Waals surface area contributed by atoms with Crippen molar-refractivity contribution in [2.24, 2.45) is 0 Å². The highest BCUT2D eigenvalue weighted by Crippen LogP contribution is 1.70. The van der Waals surface area contributed by atoms with Gasteiger partial charge in [0.2, 0.25) is 0 Å². The predicted molar refractivity (Wildman–Crippen MR) is 59.1 cm³/mol. The normalized spacial score (nSPS) is 9.47. The lowest BCUT2D eigenvalue weighted by atomic mass is 10.4. The van der Waals surface area contributed by atoms with Gasteiger partial charge in [0.15, 0.2) is 0 Å². The van der Waals surface area contributed by atoms with E-state index in [9.17, 15) is 0 Å². The van der Waals surface area contributed by atoms with Crippen molar-refractivity contribution in [1.29, 1.82) is 10.5 Å². The van der Waals surface area contributed by atoms with Crippen LogP contribution in [0.15, 0.2) is 0 Å². The molecule has 3 N–H and O–H groups in total. The number of nitrogens with zero attached hydrogens (tertiary/aromatic N) is 2. The Hall–Kier alpha value is -1.14. The van der Waals surface area contributed by atoms with Crippen LogP contribution in [0.2, 0.25) is 0 Å². The first-order chi connectivity index (χ1) is 7.41. The molecule has 0 bridgehead atoms. The molecule has 0 unspecified atom stereocenters. The summed E-state index contributed by atoms with van der Waals surface area (Å²) in [5.74, 6) is 0. The van der Waals surface area contributed by atoms with Crippen molar-refractivity contribution in [1.82, 2.24) is 16.0 Å². The minimum absolute atomic E-state index is 0.565. The second-order valence-electron chi connectivity index (χ2n) is 3.07. The highest BCUT2D eigenvalue weighted by molar-refractivity contribution is 4.71. The maximum Gasteiger partial charge on any atom is 0.0635 e. The van der Waals surface area contributed by atoms with Gasteiger partial charge in [-0.05, 0) is 0 Å². The van der Waals surface area contributed by atoms with E-state index in [2.05, 4.69) is 28.1 Å². The van der Waals surface area contributed by atoms with Gasteiger partial charge in [0.1, 0.15) is 0 Å². The highest BCUT2D eigenvalue weighted by Gasteiger charge is 1.88. The monoisotopic (exact) mass is 209 g/mol. The molecule has 0 atom stereocenters. The van der Waals surface area contributed by atoms with Gasteiger partial charge >= 0.3 is 0 Å². The van der Waals surface area contributed by atoms with Gasteiger partial charge in [-0.1, -0.05) is 0 Å². The van der Waals surface area contributed by atoms with Gasteiger partial charge in [0.25, 0.3) is 0 Å².